The van der Waals surface area contributed by atoms with E-state index in [4.69, 9.17) is 9.72 Å². The van der Waals surface area contributed by atoms with Gasteiger partial charge in [0.1, 0.15) is 12.4 Å². The summed E-state index contributed by atoms with van der Waals surface area (Å²) in [6.07, 6.45) is 1.59. The van der Waals surface area contributed by atoms with Crippen LogP contribution in [0.2, 0.25) is 0 Å². The molecule has 2 saturated heterocycles. The van der Waals surface area contributed by atoms with Gasteiger partial charge in [-0.05, 0) is 55.5 Å². The summed E-state index contributed by atoms with van der Waals surface area (Å²) in [4.78, 5) is 20.9. The molecule has 2 aromatic carbocycles. The molecule has 3 fully saturated rings. The number of thiazole rings is 1. The third kappa shape index (κ3) is 5.49. The predicted octanol–water partition coefficient (Wildman–Crippen LogP) is 4.54. The van der Waals surface area contributed by atoms with Crippen molar-refractivity contribution in [3.63, 3.8) is 0 Å². The second kappa shape index (κ2) is 10.5. The van der Waals surface area contributed by atoms with Crippen molar-refractivity contribution in [3.05, 3.63) is 64.0 Å². The van der Waals surface area contributed by atoms with Gasteiger partial charge in [0.05, 0.1) is 22.6 Å². The summed E-state index contributed by atoms with van der Waals surface area (Å²) < 4.78 is 29.8. The molecule has 1 aliphatic carbocycles. The average molecular weight is 582 g/mol. The number of aromatic nitrogens is 1. The van der Waals surface area contributed by atoms with E-state index in [1.165, 1.54) is 5.56 Å². The van der Waals surface area contributed by atoms with Crippen LogP contribution in [0.25, 0.3) is 11.3 Å². The lowest BCUT2D eigenvalue weighted by Gasteiger charge is -2.42. The maximum Gasteiger partial charge on any atom is 0.310 e. The molecule has 0 spiro atoms. The van der Waals surface area contributed by atoms with Gasteiger partial charge in [-0.2, -0.15) is 0 Å². The fraction of sp³-hybridized carbons (Fsp3) is 0.467. The van der Waals surface area contributed by atoms with Crippen molar-refractivity contribution in [2.75, 3.05) is 42.6 Å². The topological polar surface area (TPSA) is 100 Å². The van der Waals surface area contributed by atoms with Crippen molar-refractivity contribution in [2.24, 2.45) is 11.3 Å². The standard InChI is InChI=1S/C30H35N3O5S2/c1-20-3-6-27(38-18-23-5-4-22(14-21(23)2)15-32-9-11-40(36,37)12-10-32)25(13-20)26-19-39-29(31-26)33-16-24(17-33)30(7-8-30)28(34)35/h3-6,13-14,19,24H,7-12,15-18H2,1-2H3,(H,34,35). The molecule has 8 nitrogen and oxygen atoms in total. The SMILES string of the molecule is Cc1ccc(OCc2ccc(CN3CCS(=O)(=O)CC3)cc2C)c(-c2csc(N3CC(C4(C(=O)O)CC4)C3)n2)c1. The van der Waals surface area contributed by atoms with E-state index in [9.17, 15) is 18.3 Å². The van der Waals surface area contributed by atoms with E-state index in [0.717, 1.165) is 71.3 Å². The van der Waals surface area contributed by atoms with Gasteiger partial charge in [0.25, 0.3) is 0 Å². The Morgan fingerprint density at radius 3 is 2.55 bits per heavy atom. The van der Waals surface area contributed by atoms with Crippen LogP contribution in [0.3, 0.4) is 0 Å². The molecule has 2 aliphatic heterocycles. The minimum atomic E-state index is -2.88. The molecule has 0 bridgehead atoms. The van der Waals surface area contributed by atoms with Gasteiger partial charge >= 0.3 is 5.97 Å². The minimum Gasteiger partial charge on any atom is -0.488 e. The van der Waals surface area contributed by atoms with Crippen LogP contribution in [0.5, 0.6) is 5.75 Å². The Balaban J connectivity index is 1.10. The van der Waals surface area contributed by atoms with Crippen LogP contribution in [-0.4, -0.2) is 67.1 Å². The molecule has 1 aromatic heterocycles. The van der Waals surface area contributed by atoms with Gasteiger partial charge in [-0.15, -0.1) is 11.3 Å². The molecule has 1 saturated carbocycles. The van der Waals surface area contributed by atoms with Crippen LogP contribution in [0.15, 0.2) is 41.8 Å². The smallest absolute Gasteiger partial charge is 0.310 e. The molecule has 0 amide bonds. The summed E-state index contributed by atoms with van der Waals surface area (Å²) in [5.74, 6) is 0.816. The van der Waals surface area contributed by atoms with Crippen LogP contribution >= 0.6 is 11.3 Å². The van der Waals surface area contributed by atoms with Gasteiger partial charge in [0.2, 0.25) is 0 Å². The lowest BCUT2D eigenvalue weighted by Crippen LogP contribution is -2.52. The zero-order valence-electron chi connectivity index (χ0n) is 22.9. The number of benzene rings is 2. The number of carboxylic acid groups (broad SMARTS) is 1. The number of aliphatic carboxylic acids is 1. The van der Waals surface area contributed by atoms with Crippen LogP contribution < -0.4 is 9.64 Å². The molecule has 0 atom stereocenters. The second-order valence-electron chi connectivity index (χ2n) is 11.6. The second-order valence-corrected chi connectivity index (χ2v) is 14.7. The van der Waals surface area contributed by atoms with Crippen LogP contribution in [0.1, 0.15) is 35.1 Å². The van der Waals surface area contributed by atoms with Crippen LogP contribution in [-0.2, 0) is 27.8 Å². The number of aryl methyl sites for hydroxylation is 2. The summed E-state index contributed by atoms with van der Waals surface area (Å²) in [7, 11) is -2.88. The van der Waals surface area contributed by atoms with Crippen molar-refractivity contribution in [1.82, 2.24) is 9.88 Å². The highest BCUT2D eigenvalue weighted by Crippen LogP contribution is 2.55. The molecular formula is C30H35N3O5S2. The largest absolute Gasteiger partial charge is 0.488 e. The van der Waals surface area contributed by atoms with Gasteiger partial charge in [-0.1, -0.05) is 29.8 Å². The maximum atomic E-state index is 11.7. The summed E-state index contributed by atoms with van der Waals surface area (Å²) in [6, 6.07) is 12.5. The lowest BCUT2D eigenvalue weighted by molar-refractivity contribution is -0.146. The molecule has 0 unspecified atom stereocenters. The number of nitrogens with zero attached hydrogens (tertiary/aromatic N) is 3. The number of hydrogen-bond acceptors (Lipinski definition) is 8. The molecule has 212 valence electrons. The molecule has 3 heterocycles. The predicted molar refractivity (Wildman–Crippen MR) is 157 cm³/mol. The molecule has 10 heteroatoms. The highest BCUT2D eigenvalue weighted by molar-refractivity contribution is 7.91. The highest BCUT2D eigenvalue weighted by Gasteiger charge is 2.59. The van der Waals surface area contributed by atoms with Gasteiger partial charge < -0.3 is 14.7 Å². The number of carbonyl (C=O) groups is 1. The fourth-order valence-electron chi connectivity index (χ4n) is 5.76. The van der Waals surface area contributed by atoms with E-state index < -0.39 is 21.2 Å². The van der Waals surface area contributed by atoms with E-state index in [0.29, 0.717) is 19.7 Å². The highest BCUT2D eigenvalue weighted by atomic mass is 32.2. The van der Waals surface area contributed by atoms with Crippen molar-refractivity contribution in [2.45, 2.75) is 39.8 Å². The summed E-state index contributed by atoms with van der Waals surface area (Å²) in [6.45, 7) is 8.01. The quantitative estimate of drug-likeness (QED) is 0.393. The first kappa shape index (κ1) is 27.2. The van der Waals surface area contributed by atoms with Crippen molar-refractivity contribution in [1.29, 1.82) is 0 Å². The van der Waals surface area contributed by atoms with E-state index in [1.807, 2.05) is 12.1 Å². The first-order valence-electron chi connectivity index (χ1n) is 13.8. The molecule has 3 aliphatic rings. The Labute approximate surface area is 239 Å². The lowest BCUT2D eigenvalue weighted by atomic mass is 9.83. The number of carboxylic acids is 1. The third-order valence-electron chi connectivity index (χ3n) is 8.68. The Morgan fingerprint density at radius 1 is 1.12 bits per heavy atom. The number of rotatable bonds is 9. The third-order valence-corrected chi connectivity index (χ3v) is 11.2. The normalized spacial score (nSPS) is 20.2. The van der Waals surface area contributed by atoms with Crippen molar-refractivity contribution >= 4 is 32.3 Å². The van der Waals surface area contributed by atoms with Crippen LogP contribution in [0, 0.1) is 25.2 Å². The Morgan fingerprint density at radius 2 is 1.88 bits per heavy atom. The number of sulfone groups is 1. The Kier molecular flexibility index (Phi) is 7.13. The Bertz CT molecular complexity index is 1530. The first-order chi connectivity index (χ1) is 19.1. The minimum absolute atomic E-state index is 0.209. The van der Waals surface area contributed by atoms with Crippen molar-refractivity contribution in [3.8, 4) is 17.0 Å². The van der Waals surface area contributed by atoms with E-state index in [-0.39, 0.29) is 17.4 Å². The molecule has 40 heavy (non-hydrogen) atoms. The number of ether oxygens (including phenoxy) is 1. The molecule has 3 aromatic rings. The van der Waals surface area contributed by atoms with Crippen LogP contribution in [0.4, 0.5) is 5.13 Å². The first-order valence-corrected chi connectivity index (χ1v) is 16.5. The number of anilines is 1. The molecule has 6 rings (SSSR count). The van der Waals surface area contributed by atoms with E-state index >= 15 is 0 Å². The Hall–Kier alpha value is -2.95. The summed E-state index contributed by atoms with van der Waals surface area (Å²) in [5.41, 5.74) is 5.89. The molecule has 1 N–H and O–H groups in total. The van der Waals surface area contributed by atoms with Gasteiger partial charge in [-0.25, -0.2) is 13.4 Å². The van der Waals surface area contributed by atoms with E-state index in [1.54, 1.807) is 11.3 Å². The van der Waals surface area contributed by atoms with Gasteiger partial charge in [0, 0.05) is 49.6 Å². The zero-order chi connectivity index (χ0) is 28.1. The maximum absolute atomic E-state index is 11.7. The molecular weight excluding hydrogens is 546 g/mol. The zero-order valence-corrected chi connectivity index (χ0v) is 24.6. The van der Waals surface area contributed by atoms with Crippen molar-refractivity contribution < 1.29 is 23.1 Å². The van der Waals surface area contributed by atoms with Gasteiger partial charge in [-0.3, -0.25) is 9.69 Å². The molecule has 0 radical (unpaired) electrons. The monoisotopic (exact) mass is 581 g/mol. The van der Waals surface area contributed by atoms with Gasteiger partial charge in [0.15, 0.2) is 15.0 Å². The summed E-state index contributed by atoms with van der Waals surface area (Å²) in [5, 5.41) is 12.6. The summed E-state index contributed by atoms with van der Waals surface area (Å²) >= 11 is 1.59. The average Bonchev–Trinajstić information content (AvgIpc) is 3.54. The number of hydrogen-bond donors (Lipinski definition) is 1. The van der Waals surface area contributed by atoms with E-state index in [2.05, 4.69) is 53.3 Å². The fourth-order valence-corrected chi connectivity index (χ4v) is 7.88.